The maximum atomic E-state index is 12.1. The van der Waals surface area contributed by atoms with E-state index in [4.69, 9.17) is 16.3 Å². The number of anilines is 2. The summed E-state index contributed by atoms with van der Waals surface area (Å²) in [5.74, 6) is 0.598. The van der Waals surface area contributed by atoms with E-state index in [1.165, 1.54) is 5.56 Å². The fourth-order valence-corrected chi connectivity index (χ4v) is 2.68. The molecule has 0 fully saturated rings. The largest absolute Gasteiger partial charge is 0.493 e. The van der Waals surface area contributed by atoms with E-state index in [2.05, 4.69) is 22.8 Å². The van der Waals surface area contributed by atoms with E-state index in [-0.39, 0.29) is 12.5 Å². The van der Waals surface area contributed by atoms with Gasteiger partial charge in [0, 0.05) is 28.9 Å². The number of ether oxygens (including phenoxy) is 1. The number of halogens is 1. The predicted octanol–water partition coefficient (Wildman–Crippen LogP) is 5.01. The number of carbonyl (C=O) groups excluding carboxylic acids is 1. The molecule has 0 aliphatic carbocycles. The van der Waals surface area contributed by atoms with Gasteiger partial charge in [-0.1, -0.05) is 48.0 Å². The van der Waals surface area contributed by atoms with Crippen molar-refractivity contribution in [3.05, 3.63) is 89.4 Å². The molecule has 0 aromatic heterocycles. The predicted molar refractivity (Wildman–Crippen MR) is 111 cm³/mol. The Labute approximate surface area is 164 Å². The van der Waals surface area contributed by atoms with E-state index in [1.807, 2.05) is 54.6 Å². The van der Waals surface area contributed by atoms with Gasteiger partial charge < -0.3 is 15.4 Å². The van der Waals surface area contributed by atoms with Crippen molar-refractivity contribution in [3.63, 3.8) is 0 Å². The first-order valence-corrected chi connectivity index (χ1v) is 9.13. The van der Waals surface area contributed by atoms with Gasteiger partial charge in [-0.2, -0.15) is 0 Å². The molecule has 1 amide bonds. The van der Waals surface area contributed by atoms with Crippen LogP contribution in [0, 0.1) is 0 Å². The summed E-state index contributed by atoms with van der Waals surface area (Å²) in [6.07, 6.45) is 0.836. The Hall–Kier alpha value is -2.98. The van der Waals surface area contributed by atoms with Crippen molar-refractivity contribution < 1.29 is 9.53 Å². The van der Waals surface area contributed by atoms with E-state index in [0.29, 0.717) is 17.3 Å². The van der Waals surface area contributed by atoms with E-state index < -0.39 is 0 Å². The summed E-state index contributed by atoms with van der Waals surface area (Å²) in [6, 6.07) is 24.8. The molecule has 0 atom stereocenters. The van der Waals surface area contributed by atoms with Crippen molar-refractivity contribution in [2.24, 2.45) is 0 Å². The topological polar surface area (TPSA) is 50.4 Å². The van der Waals surface area contributed by atoms with Gasteiger partial charge in [-0.15, -0.1) is 0 Å². The van der Waals surface area contributed by atoms with Gasteiger partial charge in [0.05, 0.1) is 13.2 Å². The van der Waals surface area contributed by atoms with Crippen molar-refractivity contribution in [2.45, 2.75) is 6.42 Å². The van der Waals surface area contributed by atoms with Gasteiger partial charge in [0.25, 0.3) is 0 Å². The fourth-order valence-electron chi connectivity index (χ4n) is 2.55. The standard InChI is InChI=1S/C22H21ClN2O2/c23-18-9-11-19(12-10-18)24-16-22(26)25-20-7-4-8-21(15-20)27-14-13-17-5-2-1-3-6-17/h1-12,15,24H,13-14,16H2,(H,25,26). The van der Waals surface area contributed by atoms with Crippen LogP contribution in [0.5, 0.6) is 5.75 Å². The van der Waals surface area contributed by atoms with Crippen LogP contribution in [-0.2, 0) is 11.2 Å². The summed E-state index contributed by atoms with van der Waals surface area (Å²) in [5.41, 5.74) is 2.78. The maximum Gasteiger partial charge on any atom is 0.243 e. The lowest BCUT2D eigenvalue weighted by molar-refractivity contribution is -0.114. The molecule has 0 saturated carbocycles. The molecule has 27 heavy (non-hydrogen) atoms. The first-order valence-electron chi connectivity index (χ1n) is 8.75. The molecule has 5 heteroatoms. The van der Waals surface area contributed by atoms with Crippen LogP contribution < -0.4 is 15.4 Å². The lowest BCUT2D eigenvalue weighted by Gasteiger charge is -2.10. The van der Waals surface area contributed by atoms with Crippen LogP contribution in [0.4, 0.5) is 11.4 Å². The van der Waals surface area contributed by atoms with Crippen LogP contribution in [0.3, 0.4) is 0 Å². The zero-order chi connectivity index (χ0) is 18.9. The molecule has 0 heterocycles. The van der Waals surface area contributed by atoms with E-state index in [0.717, 1.165) is 17.9 Å². The molecule has 0 spiro atoms. The SMILES string of the molecule is O=C(CNc1ccc(Cl)cc1)Nc1cccc(OCCc2ccccc2)c1. The fraction of sp³-hybridized carbons (Fsp3) is 0.136. The van der Waals surface area contributed by atoms with Gasteiger partial charge in [-0.3, -0.25) is 4.79 Å². The molecule has 138 valence electrons. The number of amides is 1. The quantitative estimate of drug-likeness (QED) is 0.577. The molecule has 0 aliphatic rings. The second-order valence-electron chi connectivity index (χ2n) is 6.02. The summed E-state index contributed by atoms with van der Waals surface area (Å²) in [6.45, 7) is 0.750. The van der Waals surface area contributed by atoms with Crippen LogP contribution in [0.25, 0.3) is 0 Å². The minimum Gasteiger partial charge on any atom is -0.493 e. The Morgan fingerprint density at radius 3 is 2.44 bits per heavy atom. The monoisotopic (exact) mass is 380 g/mol. The average Bonchev–Trinajstić information content (AvgIpc) is 2.69. The number of carbonyl (C=O) groups is 1. The first kappa shape index (κ1) is 18.8. The Morgan fingerprint density at radius 2 is 1.67 bits per heavy atom. The highest BCUT2D eigenvalue weighted by molar-refractivity contribution is 6.30. The molecule has 2 N–H and O–H groups in total. The van der Waals surface area contributed by atoms with Gasteiger partial charge in [0.1, 0.15) is 5.75 Å². The summed E-state index contributed by atoms with van der Waals surface area (Å²) in [4.78, 5) is 12.1. The molecular weight excluding hydrogens is 360 g/mol. The van der Waals surface area contributed by atoms with Gasteiger partial charge in [-0.25, -0.2) is 0 Å². The van der Waals surface area contributed by atoms with E-state index >= 15 is 0 Å². The van der Waals surface area contributed by atoms with Gasteiger partial charge in [0.15, 0.2) is 0 Å². The Bertz CT molecular complexity index is 867. The number of hydrogen-bond acceptors (Lipinski definition) is 3. The molecule has 3 aromatic carbocycles. The van der Waals surface area contributed by atoms with Gasteiger partial charge in [0.2, 0.25) is 5.91 Å². The number of benzene rings is 3. The third kappa shape index (κ3) is 6.35. The van der Waals surface area contributed by atoms with Gasteiger partial charge in [-0.05, 0) is 42.0 Å². The minimum atomic E-state index is -0.133. The normalized spacial score (nSPS) is 10.3. The minimum absolute atomic E-state index is 0.133. The van der Waals surface area contributed by atoms with E-state index in [9.17, 15) is 4.79 Å². The molecule has 0 saturated heterocycles. The molecular formula is C22H21ClN2O2. The lowest BCUT2D eigenvalue weighted by Crippen LogP contribution is -2.21. The second-order valence-corrected chi connectivity index (χ2v) is 6.46. The van der Waals surface area contributed by atoms with E-state index in [1.54, 1.807) is 12.1 Å². The first-order chi connectivity index (χ1) is 13.2. The van der Waals surface area contributed by atoms with Crippen molar-refractivity contribution in [1.82, 2.24) is 0 Å². The molecule has 0 radical (unpaired) electrons. The van der Waals surface area contributed by atoms with Crippen LogP contribution in [-0.4, -0.2) is 19.1 Å². The lowest BCUT2D eigenvalue weighted by atomic mass is 10.2. The zero-order valence-electron chi connectivity index (χ0n) is 14.8. The zero-order valence-corrected chi connectivity index (χ0v) is 15.6. The number of hydrogen-bond donors (Lipinski definition) is 2. The number of rotatable bonds is 8. The molecule has 0 unspecified atom stereocenters. The third-order valence-corrected chi connectivity index (χ3v) is 4.17. The molecule has 0 aliphatic heterocycles. The smallest absolute Gasteiger partial charge is 0.243 e. The van der Waals surface area contributed by atoms with Crippen molar-refractivity contribution in [3.8, 4) is 5.75 Å². The Kier molecular flexibility index (Phi) is 6.72. The summed E-state index contributed by atoms with van der Waals surface area (Å²) in [7, 11) is 0. The third-order valence-electron chi connectivity index (χ3n) is 3.92. The van der Waals surface area contributed by atoms with Gasteiger partial charge >= 0.3 is 0 Å². The number of nitrogens with one attached hydrogen (secondary N) is 2. The molecule has 3 aromatic rings. The van der Waals surface area contributed by atoms with Crippen LogP contribution >= 0.6 is 11.6 Å². The summed E-state index contributed by atoms with van der Waals surface area (Å²) < 4.78 is 5.79. The van der Waals surface area contributed by atoms with Crippen molar-refractivity contribution in [2.75, 3.05) is 23.8 Å². The molecule has 4 nitrogen and oxygen atoms in total. The Balaban J connectivity index is 1.46. The van der Waals surface area contributed by atoms with Crippen molar-refractivity contribution in [1.29, 1.82) is 0 Å². The second kappa shape index (κ2) is 9.64. The van der Waals surface area contributed by atoms with Crippen LogP contribution in [0.1, 0.15) is 5.56 Å². The van der Waals surface area contributed by atoms with Crippen LogP contribution in [0.2, 0.25) is 5.02 Å². The van der Waals surface area contributed by atoms with Crippen LogP contribution in [0.15, 0.2) is 78.9 Å². The molecule has 0 bridgehead atoms. The highest BCUT2D eigenvalue weighted by atomic mass is 35.5. The molecule has 3 rings (SSSR count). The van der Waals surface area contributed by atoms with Crippen molar-refractivity contribution >= 4 is 28.9 Å². The average molecular weight is 381 g/mol. The highest BCUT2D eigenvalue weighted by Gasteiger charge is 2.04. The summed E-state index contributed by atoms with van der Waals surface area (Å²) in [5, 5.41) is 6.58. The Morgan fingerprint density at radius 1 is 0.889 bits per heavy atom. The highest BCUT2D eigenvalue weighted by Crippen LogP contribution is 2.18. The summed E-state index contributed by atoms with van der Waals surface area (Å²) >= 11 is 5.85. The maximum absolute atomic E-state index is 12.1.